The van der Waals surface area contributed by atoms with Crippen LogP contribution in [0.2, 0.25) is 0 Å². The van der Waals surface area contributed by atoms with E-state index in [0.29, 0.717) is 18.6 Å². The average molecular weight is 609 g/mol. The number of hydrogen-bond acceptors (Lipinski definition) is 5. The van der Waals surface area contributed by atoms with Crippen LogP contribution in [0.1, 0.15) is 88.6 Å². The molecule has 0 radical (unpaired) electrons. The molecule has 1 aliphatic carbocycles. The Kier molecular flexibility index (Phi) is 10.7. The Morgan fingerprint density at radius 3 is 2.39 bits per heavy atom. The monoisotopic (exact) mass is 608 g/mol. The molecule has 1 fully saturated rings. The molecular weight excluding hydrogens is 563 g/mol. The largest absolute Gasteiger partial charge is 0.491 e. The van der Waals surface area contributed by atoms with Crippen molar-refractivity contribution in [2.24, 2.45) is 5.92 Å². The topological polar surface area (TPSA) is 126 Å². The number of amides is 4. The molecule has 2 atom stereocenters. The highest BCUT2D eigenvalue weighted by Gasteiger charge is 2.42. The molecule has 0 saturated heterocycles. The van der Waals surface area contributed by atoms with E-state index in [-0.39, 0.29) is 61.1 Å². The van der Waals surface area contributed by atoms with Gasteiger partial charge in [-0.25, -0.2) is 4.39 Å². The zero-order valence-electron chi connectivity index (χ0n) is 26.1. The molecule has 1 saturated carbocycles. The number of hydrogen-bond donors (Lipinski definition) is 4. The van der Waals surface area contributed by atoms with Crippen LogP contribution in [0, 0.1) is 11.7 Å². The molecule has 0 bridgehead atoms. The molecule has 238 valence electrons. The lowest BCUT2D eigenvalue weighted by molar-refractivity contribution is -0.136. The first-order chi connectivity index (χ1) is 20.9. The highest BCUT2D eigenvalue weighted by atomic mass is 19.1. The van der Waals surface area contributed by atoms with E-state index in [2.05, 4.69) is 21.3 Å². The number of benzene rings is 2. The van der Waals surface area contributed by atoms with E-state index >= 15 is 0 Å². The molecule has 44 heavy (non-hydrogen) atoms. The van der Waals surface area contributed by atoms with Gasteiger partial charge in [0.2, 0.25) is 17.7 Å². The Bertz CT molecular complexity index is 1340. The van der Waals surface area contributed by atoms with Crippen LogP contribution >= 0.6 is 0 Å². The van der Waals surface area contributed by atoms with Gasteiger partial charge in [0.15, 0.2) is 0 Å². The predicted molar refractivity (Wildman–Crippen MR) is 166 cm³/mol. The molecular formula is C34H45FN4O5. The molecule has 2 aliphatic rings. The Morgan fingerprint density at radius 2 is 1.70 bits per heavy atom. The maximum atomic E-state index is 13.7. The van der Waals surface area contributed by atoms with Gasteiger partial charge in [0.1, 0.15) is 29.8 Å². The second-order valence-electron chi connectivity index (χ2n) is 13.0. The maximum Gasteiger partial charge on any atom is 0.255 e. The quantitative estimate of drug-likeness (QED) is 0.406. The van der Waals surface area contributed by atoms with Gasteiger partial charge in [-0.05, 0) is 55.0 Å². The summed E-state index contributed by atoms with van der Waals surface area (Å²) >= 11 is 0. The van der Waals surface area contributed by atoms with E-state index < -0.39 is 28.8 Å². The number of para-hydroxylation sites is 1. The molecule has 1 heterocycles. The minimum Gasteiger partial charge on any atom is -0.491 e. The van der Waals surface area contributed by atoms with Gasteiger partial charge in [-0.1, -0.05) is 71.2 Å². The van der Waals surface area contributed by atoms with E-state index in [9.17, 15) is 23.6 Å². The Balaban J connectivity index is 1.60. The fourth-order valence-electron chi connectivity index (χ4n) is 5.78. The van der Waals surface area contributed by atoms with Crippen molar-refractivity contribution in [3.05, 3.63) is 65.5 Å². The smallest absolute Gasteiger partial charge is 0.255 e. The van der Waals surface area contributed by atoms with Crippen molar-refractivity contribution < 1.29 is 28.3 Å². The normalized spacial score (nSPS) is 21.5. The third-order valence-electron chi connectivity index (χ3n) is 8.80. The fourth-order valence-corrected chi connectivity index (χ4v) is 5.78. The molecule has 1 spiro atoms. The number of fused-ring (bicyclic) bond motifs is 1. The second kappa shape index (κ2) is 14.2. The lowest BCUT2D eigenvalue weighted by atomic mass is 9.80. The van der Waals surface area contributed by atoms with Crippen molar-refractivity contribution in [3.63, 3.8) is 0 Å². The number of carbonyl (C=O) groups excluding carboxylic acids is 4. The first kappa shape index (κ1) is 33.0. The molecule has 2 aromatic carbocycles. The minimum atomic E-state index is -1.04. The van der Waals surface area contributed by atoms with Crippen molar-refractivity contribution in [2.75, 3.05) is 13.2 Å². The van der Waals surface area contributed by atoms with Crippen LogP contribution in [0.5, 0.6) is 5.75 Å². The number of nitrogens with one attached hydrogen (secondary N) is 4. The zero-order chi connectivity index (χ0) is 31.9. The van der Waals surface area contributed by atoms with E-state index in [1.54, 1.807) is 36.4 Å². The van der Waals surface area contributed by atoms with Gasteiger partial charge < -0.3 is 26.0 Å². The van der Waals surface area contributed by atoms with Gasteiger partial charge in [-0.3, -0.25) is 19.2 Å². The van der Waals surface area contributed by atoms with Crippen molar-refractivity contribution in [1.29, 1.82) is 0 Å². The van der Waals surface area contributed by atoms with Crippen molar-refractivity contribution in [1.82, 2.24) is 21.3 Å². The van der Waals surface area contributed by atoms with E-state index in [0.717, 1.165) is 24.8 Å². The number of halogens is 1. The summed E-state index contributed by atoms with van der Waals surface area (Å²) in [6.45, 7) is 8.16. The highest BCUT2D eigenvalue weighted by Crippen LogP contribution is 2.30. The molecule has 1 aliphatic heterocycles. The van der Waals surface area contributed by atoms with Gasteiger partial charge >= 0.3 is 0 Å². The van der Waals surface area contributed by atoms with E-state index in [4.69, 9.17) is 4.74 Å². The first-order valence-electron chi connectivity index (χ1n) is 15.6. The zero-order valence-corrected chi connectivity index (χ0v) is 26.1. The number of ether oxygens (including phenoxy) is 1. The van der Waals surface area contributed by atoms with Gasteiger partial charge in [0.05, 0.1) is 11.6 Å². The predicted octanol–water partition coefficient (Wildman–Crippen LogP) is 4.15. The molecule has 0 aromatic heterocycles. The van der Waals surface area contributed by atoms with Crippen LogP contribution in [0.25, 0.3) is 0 Å². The summed E-state index contributed by atoms with van der Waals surface area (Å²) in [5.41, 5.74) is -0.486. The number of carbonyl (C=O) groups is 4. The van der Waals surface area contributed by atoms with E-state index in [1.165, 1.54) is 12.1 Å². The Morgan fingerprint density at radius 1 is 1.02 bits per heavy atom. The summed E-state index contributed by atoms with van der Waals surface area (Å²) in [4.78, 5) is 54.2. The van der Waals surface area contributed by atoms with Crippen LogP contribution in [0.15, 0.2) is 48.5 Å². The standard InChI is InChI=1S/C34H45FN4O5/c1-22(2)27-20-44-28-11-7-6-10-25(28)30(41)37-26(31(42)36-21-33(3,4)23-12-14-24(35)15-13-23)16-17-29(40)39-34(32(43)38-27)18-8-5-9-19-34/h6-7,10-15,22,26-27H,5,8-9,16-21H2,1-4H3,(H,36,42)(H,37,41)(H,38,43)(H,39,40)/t26-,27-/m0/s1. The van der Waals surface area contributed by atoms with Gasteiger partial charge in [-0.15, -0.1) is 0 Å². The number of rotatable bonds is 5. The first-order valence-corrected chi connectivity index (χ1v) is 15.6. The summed E-state index contributed by atoms with van der Waals surface area (Å²) in [6.07, 6.45) is 3.62. The summed E-state index contributed by atoms with van der Waals surface area (Å²) in [5, 5.41) is 11.9. The maximum absolute atomic E-state index is 13.7. The van der Waals surface area contributed by atoms with Crippen LogP contribution in [-0.2, 0) is 19.8 Å². The third kappa shape index (κ3) is 8.15. The van der Waals surface area contributed by atoms with Gasteiger partial charge in [0.25, 0.3) is 5.91 Å². The molecule has 4 amide bonds. The molecule has 9 nitrogen and oxygen atoms in total. The minimum absolute atomic E-state index is 0.0235. The SMILES string of the molecule is CC(C)[C@@H]1COc2ccccc2C(=O)N[C@H](C(=O)NCC(C)(C)c2ccc(F)cc2)CCC(=O)NC2(CCCCC2)C(=O)N1. The van der Waals surface area contributed by atoms with Crippen molar-refractivity contribution >= 4 is 23.6 Å². The Labute approximate surface area is 259 Å². The van der Waals surface area contributed by atoms with Gasteiger partial charge in [0, 0.05) is 18.4 Å². The summed E-state index contributed by atoms with van der Waals surface area (Å²) in [6, 6.07) is 11.5. The lowest BCUT2D eigenvalue weighted by Gasteiger charge is -2.38. The molecule has 4 N–H and O–H groups in total. The second-order valence-corrected chi connectivity index (χ2v) is 13.0. The third-order valence-corrected chi connectivity index (χ3v) is 8.80. The fraction of sp³-hybridized carbons (Fsp3) is 0.529. The average Bonchev–Trinajstić information content (AvgIpc) is 3.00. The lowest BCUT2D eigenvalue weighted by Crippen LogP contribution is -2.62. The molecule has 10 heteroatoms. The van der Waals surface area contributed by atoms with Crippen LogP contribution in [0.4, 0.5) is 4.39 Å². The van der Waals surface area contributed by atoms with Crippen molar-refractivity contribution in [3.8, 4) is 5.75 Å². The summed E-state index contributed by atoms with van der Waals surface area (Å²) in [7, 11) is 0. The summed E-state index contributed by atoms with van der Waals surface area (Å²) < 4.78 is 19.6. The highest BCUT2D eigenvalue weighted by molar-refractivity contribution is 6.00. The Hall–Kier alpha value is -3.95. The molecule has 0 unspecified atom stereocenters. The molecule has 4 rings (SSSR count). The molecule has 2 aromatic rings. The van der Waals surface area contributed by atoms with Crippen LogP contribution < -0.4 is 26.0 Å². The van der Waals surface area contributed by atoms with Gasteiger partial charge in [-0.2, -0.15) is 0 Å². The van der Waals surface area contributed by atoms with E-state index in [1.807, 2.05) is 27.7 Å². The van der Waals surface area contributed by atoms with Crippen LogP contribution in [0.3, 0.4) is 0 Å². The summed E-state index contributed by atoms with van der Waals surface area (Å²) in [5.74, 6) is -1.54. The van der Waals surface area contributed by atoms with Crippen molar-refractivity contribution in [2.45, 2.75) is 95.7 Å². The van der Waals surface area contributed by atoms with Crippen LogP contribution in [-0.4, -0.2) is 54.4 Å².